The molecule has 1 amide bonds. The molecule has 1 aromatic carbocycles. The minimum atomic E-state index is -3.66. The molecule has 1 fully saturated rings. The summed E-state index contributed by atoms with van der Waals surface area (Å²) < 4.78 is 30.7. The van der Waals surface area contributed by atoms with Crippen molar-refractivity contribution in [3.8, 4) is 0 Å². The molecule has 0 aliphatic heterocycles. The van der Waals surface area contributed by atoms with Crippen LogP contribution in [-0.2, 0) is 19.6 Å². The summed E-state index contributed by atoms with van der Waals surface area (Å²) in [6.45, 7) is 3.41. The van der Waals surface area contributed by atoms with Gasteiger partial charge in [0.2, 0.25) is 10.0 Å². The molecule has 7 nitrogen and oxygen atoms in total. The summed E-state index contributed by atoms with van der Waals surface area (Å²) in [6.07, 6.45) is 4.27. The number of aryl methyl sites for hydroxylation is 1. The van der Waals surface area contributed by atoms with Crippen LogP contribution in [0.1, 0.15) is 48.5 Å². The molecule has 0 spiro atoms. The maximum absolute atomic E-state index is 12.4. The van der Waals surface area contributed by atoms with Gasteiger partial charge in [0, 0.05) is 20.1 Å². The summed E-state index contributed by atoms with van der Waals surface area (Å²) in [6, 6.07) is 4.39. The highest BCUT2D eigenvalue weighted by molar-refractivity contribution is 7.89. The highest BCUT2D eigenvalue weighted by Gasteiger charge is 2.24. The summed E-state index contributed by atoms with van der Waals surface area (Å²) in [7, 11) is -0.819. The predicted octanol–water partition coefficient (Wildman–Crippen LogP) is 2.10. The largest absolute Gasteiger partial charge is 0.452 e. The monoisotopic (exact) mass is 396 g/mol. The Kier molecular flexibility index (Phi) is 7.00. The number of nitrogens with zero attached hydrogens (tertiary/aromatic N) is 1. The van der Waals surface area contributed by atoms with Crippen molar-refractivity contribution in [2.24, 2.45) is 5.92 Å². The first-order chi connectivity index (χ1) is 12.6. The fourth-order valence-electron chi connectivity index (χ4n) is 3.18. The Morgan fingerprint density at radius 1 is 1.22 bits per heavy atom. The summed E-state index contributed by atoms with van der Waals surface area (Å²) in [5.74, 6) is -0.638. The fraction of sp³-hybridized carbons (Fsp3) is 0.579. The van der Waals surface area contributed by atoms with Crippen LogP contribution in [-0.4, -0.2) is 51.3 Å². The lowest BCUT2D eigenvalue weighted by atomic mass is 9.86. The Balaban J connectivity index is 2.02. The molecule has 0 heterocycles. The maximum Gasteiger partial charge on any atom is 0.338 e. The Labute approximate surface area is 161 Å². The van der Waals surface area contributed by atoms with E-state index in [0.717, 1.165) is 23.6 Å². The van der Waals surface area contributed by atoms with Crippen LogP contribution in [0.15, 0.2) is 23.1 Å². The van der Waals surface area contributed by atoms with E-state index in [4.69, 9.17) is 4.74 Å². The normalized spacial score (nSPS) is 20.3. The lowest BCUT2D eigenvalue weighted by Gasteiger charge is -2.29. The molecule has 27 heavy (non-hydrogen) atoms. The van der Waals surface area contributed by atoms with E-state index < -0.39 is 16.0 Å². The molecule has 1 saturated carbocycles. The molecule has 2 atom stereocenters. The Morgan fingerprint density at radius 2 is 1.89 bits per heavy atom. The second-order valence-electron chi connectivity index (χ2n) is 7.28. The number of benzene rings is 1. The van der Waals surface area contributed by atoms with Crippen LogP contribution in [0.4, 0.5) is 0 Å². The maximum atomic E-state index is 12.4. The Bertz CT molecular complexity index is 804. The first-order valence-electron chi connectivity index (χ1n) is 9.12. The Hall–Kier alpha value is -1.93. The van der Waals surface area contributed by atoms with Gasteiger partial charge >= 0.3 is 5.97 Å². The number of ether oxygens (including phenoxy) is 1. The van der Waals surface area contributed by atoms with E-state index in [0.29, 0.717) is 11.5 Å². The number of hydrogen-bond acceptors (Lipinski definition) is 5. The summed E-state index contributed by atoms with van der Waals surface area (Å²) in [4.78, 5) is 24.5. The lowest BCUT2D eigenvalue weighted by Crippen LogP contribution is -2.42. The van der Waals surface area contributed by atoms with Crippen molar-refractivity contribution in [2.45, 2.75) is 50.5 Å². The number of carbonyl (C=O) groups is 2. The SMILES string of the molecule is Cc1ccc(S(=O)(=O)N(C)C)cc1C(=O)OCC(=O)N[C@@H]1CCCC[C@H]1C. The molecule has 1 aromatic rings. The highest BCUT2D eigenvalue weighted by Crippen LogP contribution is 2.23. The molecule has 0 radical (unpaired) electrons. The van der Waals surface area contributed by atoms with E-state index in [1.54, 1.807) is 13.0 Å². The zero-order valence-electron chi connectivity index (χ0n) is 16.3. The molecule has 1 aliphatic carbocycles. The van der Waals surface area contributed by atoms with Crippen LogP contribution in [0.3, 0.4) is 0 Å². The number of sulfonamides is 1. The zero-order valence-corrected chi connectivity index (χ0v) is 17.1. The third-order valence-electron chi connectivity index (χ3n) is 5.00. The van der Waals surface area contributed by atoms with Crippen LogP contribution in [0, 0.1) is 12.8 Å². The summed E-state index contributed by atoms with van der Waals surface area (Å²) in [5.41, 5.74) is 0.718. The smallest absolute Gasteiger partial charge is 0.338 e. The number of carbonyl (C=O) groups excluding carboxylic acids is 2. The van der Waals surface area contributed by atoms with Gasteiger partial charge in [0.1, 0.15) is 0 Å². The quantitative estimate of drug-likeness (QED) is 0.744. The molecule has 0 bridgehead atoms. The molecule has 1 N–H and O–H groups in total. The van der Waals surface area contributed by atoms with Gasteiger partial charge in [-0.3, -0.25) is 4.79 Å². The van der Waals surface area contributed by atoms with Crippen molar-refractivity contribution in [3.05, 3.63) is 29.3 Å². The third-order valence-corrected chi connectivity index (χ3v) is 6.81. The molecular formula is C19H28N2O5S. The highest BCUT2D eigenvalue weighted by atomic mass is 32.2. The average Bonchev–Trinajstić information content (AvgIpc) is 2.61. The molecule has 0 unspecified atom stereocenters. The van der Waals surface area contributed by atoms with E-state index in [2.05, 4.69) is 12.2 Å². The minimum Gasteiger partial charge on any atom is -0.452 e. The summed E-state index contributed by atoms with van der Waals surface area (Å²) >= 11 is 0. The van der Waals surface area contributed by atoms with Gasteiger partial charge in [0.15, 0.2) is 6.61 Å². The van der Waals surface area contributed by atoms with Crippen molar-refractivity contribution >= 4 is 21.9 Å². The van der Waals surface area contributed by atoms with Crippen LogP contribution >= 0.6 is 0 Å². The van der Waals surface area contributed by atoms with Gasteiger partial charge in [-0.25, -0.2) is 17.5 Å². The van der Waals surface area contributed by atoms with Crippen LogP contribution < -0.4 is 5.32 Å². The molecule has 0 saturated heterocycles. The van der Waals surface area contributed by atoms with Crippen molar-refractivity contribution in [3.63, 3.8) is 0 Å². The second-order valence-corrected chi connectivity index (χ2v) is 9.43. The lowest BCUT2D eigenvalue weighted by molar-refractivity contribution is -0.125. The molecule has 8 heteroatoms. The first kappa shape index (κ1) is 21.4. The van der Waals surface area contributed by atoms with Crippen molar-refractivity contribution in [1.29, 1.82) is 0 Å². The topological polar surface area (TPSA) is 92.8 Å². The van der Waals surface area contributed by atoms with E-state index in [-0.39, 0.29) is 29.0 Å². The van der Waals surface area contributed by atoms with E-state index in [1.807, 2.05) is 0 Å². The number of esters is 1. The van der Waals surface area contributed by atoms with Crippen molar-refractivity contribution in [1.82, 2.24) is 9.62 Å². The van der Waals surface area contributed by atoms with E-state index in [1.165, 1.54) is 32.6 Å². The van der Waals surface area contributed by atoms with Gasteiger partial charge < -0.3 is 10.1 Å². The fourth-order valence-corrected chi connectivity index (χ4v) is 4.11. The van der Waals surface area contributed by atoms with Crippen LogP contribution in [0.5, 0.6) is 0 Å². The van der Waals surface area contributed by atoms with Crippen molar-refractivity contribution < 1.29 is 22.7 Å². The van der Waals surface area contributed by atoms with Gasteiger partial charge in [-0.1, -0.05) is 25.8 Å². The molecular weight excluding hydrogens is 368 g/mol. The number of nitrogens with one attached hydrogen (secondary N) is 1. The molecule has 0 aromatic heterocycles. The van der Waals surface area contributed by atoms with Gasteiger partial charge in [-0.05, 0) is 43.4 Å². The van der Waals surface area contributed by atoms with E-state index >= 15 is 0 Å². The first-order valence-corrected chi connectivity index (χ1v) is 10.6. The number of hydrogen-bond donors (Lipinski definition) is 1. The standard InChI is InChI=1S/C19H28N2O5S/c1-13-9-10-15(27(24,25)21(3)4)11-16(13)19(23)26-12-18(22)20-17-8-6-5-7-14(17)2/h9-11,14,17H,5-8,12H2,1-4H3,(H,20,22)/t14-,17-/m1/s1. The Morgan fingerprint density at radius 3 is 2.52 bits per heavy atom. The summed E-state index contributed by atoms with van der Waals surface area (Å²) in [5, 5.41) is 2.92. The predicted molar refractivity (Wildman–Crippen MR) is 102 cm³/mol. The minimum absolute atomic E-state index is 0.00512. The molecule has 150 valence electrons. The van der Waals surface area contributed by atoms with E-state index in [9.17, 15) is 18.0 Å². The van der Waals surface area contributed by atoms with Crippen LogP contribution in [0.25, 0.3) is 0 Å². The zero-order chi connectivity index (χ0) is 20.2. The van der Waals surface area contributed by atoms with Crippen molar-refractivity contribution in [2.75, 3.05) is 20.7 Å². The molecule has 1 aliphatic rings. The van der Waals surface area contributed by atoms with Gasteiger partial charge in [-0.15, -0.1) is 0 Å². The van der Waals surface area contributed by atoms with Crippen LogP contribution in [0.2, 0.25) is 0 Å². The number of amides is 1. The third kappa shape index (κ3) is 5.29. The van der Waals surface area contributed by atoms with Gasteiger partial charge in [-0.2, -0.15) is 0 Å². The molecule has 2 rings (SSSR count). The average molecular weight is 397 g/mol. The van der Waals surface area contributed by atoms with Gasteiger partial charge in [0.25, 0.3) is 5.91 Å². The number of rotatable bonds is 6. The van der Waals surface area contributed by atoms with Gasteiger partial charge in [0.05, 0.1) is 10.5 Å². The second kappa shape index (κ2) is 8.84.